The molecule has 1 unspecified atom stereocenters. The third-order valence-corrected chi connectivity index (χ3v) is 18.2. The number of phenolic OH excluding ortho intramolecular Hbond substituents is 3. The summed E-state index contributed by atoms with van der Waals surface area (Å²) in [4.78, 5) is 59.0. The van der Waals surface area contributed by atoms with Gasteiger partial charge >= 0.3 is 11.8 Å². The summed E-state index contributed by atoms with van der Waals surface area (Å²) in [7, 11) is 3.54. The predicted octanol–water partition coefficient (Wildman–Crippen LogP) is 8.26. The zero-order chi connectivity index (χ0) is 60.3. The number of aromatic hydroxyl groups is 3. The van der Waals surface area contributed by atoms with Crippen molar-refractivity contribution in [1.82, 2.24) is 14.3 Å². The van der Waals surface area contributed by atoms with Crippen molar-refractivity contribution in [3.63, 3.8) is 0 Å². The van der Waals surface area contributed by atoms with Crippen molar-refractivity contribution in [1.29, 1.82) is 0 Å². The molecule has 448 valence electrons. The number of ether oxygens (including phenoxy) is 4. The number of nitrogens with one attached hydrogen (secondary N) is 1. The Balaban J connectivity index is 0.989. The number of amides is 1. The van der Waals surface area contributed by atoms with Gasteiger partial charge in [-0.3, -0.25) is 28.6 Å². The number of carbonyl (C=O) groups excluding carboxylic acids is 3. The Hall–Kier alpha value is -7.00. The van der Waals surface area contributed by atoms with E-state index in [2.05, 4.69) is 22.2 Å². The highest BCUT2D eigenvalue weighted by atomic mass is 19.1. The number of allylic oxidation sites excluding steroid dienone is 2. The van der Waals surface area contributed by atoms with Gasteiger partial charge in [0, 0.05) is 105 Å². The van der Waals surface area contributed by atoms with Crippen LogP contribution < -0.4 is 20.5 Å². The quantitative estimate of drug-likeness (QED) is 0.0400. The summed E-state index contributed by atoms with van der Waals surface area (Å²) in [6.07, 6.45) is 10.6. The van der Waals surface area contributed by atoms with Crippen LogP contribution in [0.1, 0.15) is 125 Å². The number of nitrogens with zero attached hydrogens (tertiary/aromatic N) is 5. The lowest BCUT2D eigenvalue weighted by Crippen LogP contribution is -2.46. The van der Waals surface area contributed by atoms with Crippen LogP contribution in [0.4, 0.5) is 15.8 Å². The van der Waals surface area contributed by atoms with Crippen molar-refractivity contribution in [2.24, 2.45) is 34.7 Å². The molecule has 3 fully saturated rings. The Labute approximate surface area is 483 Å². The van der Waals surface area contributed by atoms with Gasteiger partial charge in [0.25, 0.3) is 17.2 Å². The Morgan fingerprint density at radius 3 is 2.28 bits per heavy atom. The molecule has 2 aromatic carbocycles. The van der Waals surface area contributed by atoms with Gasteiger partial charge in [0.2, 0.25) is 0 Å². The number of hydrazone groups is 1. The van der Waals surface area contributed by atoms with Gasteiger partial charge in [-0.2, -0.15) is 5.10 Å². The molecule has 6 aliphatic rings. The number of methoxy groups -OCH3 is 1. The number of Topliss-reactive ketones (excluding diaryl/α,β-unsaturated/α-hetero) is 1. The van der Waals surface area contributed by atoms with Crippen LogP contribution in [0, 0.1) is 56.2 Å². The minimum atomic E-state index is -2.09. The molecule has 83 heavy (non-hydrogen) atoms. The summed E-state index contributed by atoms with van der Waals surface area (Å²) in [5.41, 5.74) is 3.24. The molecule has 4 aromatic rings. The van der Waals surface area contributed by atoms with Gasteiger partial charge in [0.1, 0.15) is 23.4 Å². The highest BCUT2D eigenvalue weighted by Gasteiger charge is 2.50. The molecule has 1 saturated carbocycles. The first kappa shape index (κ1) is 60.6. The highest BCUT2D eigenvalue weighted by Crippen LogP contribution is 2.55. The second kappa shape index (κ2) is 23.9. The minimum Gasteiger partial charge on any atom is -0.507 e. The maximum absolute atomic E-state index is 16.0. The van der Waals surface area contributed by atoms with Crippen molar-refractivity contribution in [3.8, 4) is 23.0 Å². The van der Waals surface area contributed by atoms with Crippen LogP contribution in [0.3, 0.4) is 0 Å². The molecule has 0 radical (unpaired) electrons. The number of ketones is 1. The molecule has 5 bridgehead atoms. The van der Waals surface area contributed by atoms with Gasteiger partial charge in [-0.1, -0.05) is 45.9 Å². The minimum absolute atomic E-state index is 0.0336. The van der Waals surface area contributed by atoms with E-state index in [4.69, 9.17) is 24.0 Å². The summed E-state index contributed by atoms with van der Waals surface area (Å²) in [5.74, 6) is -8.43. The number of fused-ring (bicyclic) bond motifs is 15. The lowest BCUT2D eigenvalue weighted by Gasteiger charge is -2.38. The monoisotopic (exact) mass is 1150 g/mol. The topological polar surface area (TPSA) is 245 Å². The van der Waals surface area contributed by atoms with Crippen molar-refractivity contribution >= 4 is 51.5 Å². The molecule has 6 N–H and O–H groups in total. The van der Waals surface area contributed by atoms with Crippen LogP contribution >= 0.6 is 0 Å². The number of pyridine rings is 2. The number of aryl methyl sites for hydroxylation is 2. The number of esters is 1. The fourth-order valence-electron chi connectivity index (χ4n) is 13.0. The third-order valence-electron chi connectivity index (χ3n) is 18.2. The molecular formula is C63H81FN6O13. The van der Waals surface area contributed by atoms with E-state index in [1.54, 1.807) is 46.8 Å². The van der Waals surface area contributed by atoms with Gasteiger partial charge in [-0.15, -0.1) is 0 Å². The number of hydrogen-bond donors (Lipinski definition) is 6. The summed E-state index contributed by atoms with van der Waals surface area (Å²) in [5, 5.41) is 68.4. The van der Waals surface area contributed by atoms with E-state index in [1.165, 1.54) is 70.0 Å². The molecule has 20 heteroatoms. The average Bonchev–Trinajstić information content (AvgIpc) is 4.37. The fourth-order valence-corrected chi connectivity index (χ4v) is 13.0. The normalized spacial score (nSPS) is 29.2. The van der Waals surface area contributed by atoms with Crippen LogP contribution in [-0.4, -0.2) is 147 Å². The lowest BCUT2D eigenvalue weighted by molar-refractivity contribution is -0.160. The van der Waals surface area contributed by atoms with Crippen molar-refractivity contribution < 1.29 is 63.3 Å². The Bertz CT molecular complexity index is 3400. The first-order chi connectivity index (χ1) is 39.3. The first-order valence-corrected chi connectivity index (χ1v) is 28.9. The van der Waals surface area contributed by atoms with Crippen LogP contribution in [0.5, 0.6) is 23.0 Å². The summed E-state index contributed by atoms with van der Waals surface area (Å²) < 4.78 is 41.4. The summed E-state index contributed by atoms with van der Waals surface area (Å²) in [6, 6.07) is 2.18. The smallest absolute Gasteiger partial charge is 0.312 e. The van der Waals surface area contributed by atoms with E-state index >= 15 is 4.39 Å². The molecule has 10 atom stereocenters. The van der Waals surface area contributed by atoms with E-state index in [0.717, 1.165) is 55.3 Å². The highest BCUT2D eigenvalue weighted by molar-refractivity contribution is 6.24. The molecule has 0 spiro atoms. The Kier molecular flexibility index (Phi) is 17.5. The molecule has 2 saturated heterocycles. The number of rotatable bonds is 9. The number of aromatic nitrogens is 1. The number of benzene rings is 2. The number of phenols is 3. The maximum Gasteiger partial charge on any atom is 0.312 e. The predicted molar refractivity (Wildman–Crippen MR) is 314 cm³/mol. The summed E-state index contributed by atoms with van der Waals surface area (Å²) in [6.45, 7) is 19.4. The van der Waals surface area contributed by atoms with Crippen molar-refractivity contribution in [3.05, 3.63) is 98.0 Å². The molecule has 1 amide bonds. The Morgan fingerprint density at radius 2 is 1.61 bits per heavy atom. The lowest BCUT2D eigenvalue weighted by atomic mass is 9.78. The van der Waals surface area contributed by atoms with Gasteiger partial charge in [0.15, 0.2) is 11.6 Å². The molecule has 2 aromatic heterocycles. The molecular weight excluding hydrogens is 1070 g/mol. The Morgan fingerprint density at radius 1 is 0.916 bits per heavy atom. The van der Waals surface area contributed by atoms with Gasteiger partial charge < -0.3 is 59.6 Å². The largest absolute Gasteiger partial charge is 0.507 e. The average molecular weight is 1150 g/mol. The zero-order valence-electron chi connectivity index (χ0n) is 49.7. The van der Waals surface area contributed by atoms with Crippen LogP contribution in [0.15, 0.2) is 58.3 Å². The number of halogens is 1. The number of piperidine rings is 1. The van der Waals surface area contributed by atoms with Gasteiger partial charge in [-0.05, 0) is 102 Å². The molecule has 19 nitrogen and oxygen atoms in total. The van der Waals surface area contributed by atoms with E-state index in [1.807, 2.05) is 18.0 Å². The zero-order valence-corrected chi connectivity index (χ0v) is 49.7. The van der Waals surface area contributed by atoms with Gasteiger partial charge in [-0.25, -0.2) is 4.39 Å². The number of aliphatic hydroxyl groups excluding tert-OH is 2. The SMILES string of the molecule is CO[C@H]1/C=C/O[C@@]2(C)Oc3c(C)c(O)c4c(O)c(c(/C=N\N5CCC(N(C)CC6CCN(c7c(F)cn8c(=O)c(C)cc(C9CC9)c8c7C)C6)CC5)c(O)c4c3C2=O)NC(=O)/C(C)=C\C=C\[C@H](C)[C@H](O)[C@@H](C)[C@@H](O)[C@@H](C)[C@H](OC(C)=O)[C@@H]1C. The molecule has 5 aliphatic heterocycles. The maximum atomic E-state index is 16.0. The van der Waals surface area contributed by atoms with Crippen LogP contribution in [0.25, 0.3) is 16.3 Å². The number of aliphatic hydroxyl groups is 2. The van der Waals surface area contributed by atoms with Crippen LogP contribution in [0.2, 0.25) is 0 Å². The van der Waals surface area contributed by atoms with E-state index < -0.39 is 94.6 Å². The fraction of sp³-hybridized carbons (Fsp3) is 0.540. The number of anilines is 2. The van der Waals surface area contributed by atoms with Crippen molar-refractivity contribution in [2.45, 2.75) is 144 Å². The molecule has 1 aliphatic carbocycles. The molecule has 10 rings (SSSR count). The molecule has 7 heterocycles. The van der Waals surface area contributed by atoms with E-state index in [9.17, 15) is 44.7 Å². The number of hydrogen-bond acceptors (Lipinski definition) is 17. The second-order valence-electron chi connectivity index (χ2n) is 24.1. The first-order valence-electron chi connectivity index (χ1n) is 28.9. The van der Waals surface area contributed by atoms with E-state index in [0.29, 0.717) is 43.3 Å². The van der Waals surface area contributed by atoms with E-state index in [-0.39, 0.29) is 62.0 Å². The second-order valence-corrected chi connectivity index (χ2v) is 24.1. The number of carbonyl (C=O) groups is 3. The van der Waals surface area contributed by atoms with Crippen LogP contribution in [-0.2, 0) is 23.8 Å². The van der Waals surface area contributed by atoms with Crippen molar-refractivity contribution in [2.75, 3.05) is 57.1 Å². The third kappa shape index (κ3) is 11.6. The standard InChI is InChI=1S/C63H81FN6O13/c1-31-14-13-15-32(2)61(78)66-50-44(27-65-69-23-19-42(20-24-69)67(11)28-40-18-22-68(29-40)52-35(5)51-43(41-16-17-41)26-33(3)62(79)70(51)30-45(52)64)56(75)47-48(57(50)76)55(74)38(8)59-49(47)60(77)63(10,83-59)81-25-21-46(80-12)34(4)58(82-39(9)71)37(7)54(73)36(6)53(31)72/h13-15,21,25-27,30-31,34,36-37,40-42,46,53-54,58,72-76H,16-20,22-24,28-29H2,1-12H3,(H,66,78)/b14-13+,25-21+,32-15-,65-27-/t31-,34+,36+,37+,40?,46-,53-,54+,58+,63-/m0/s1. The van der Waals surface area contributed by atoms with Gasteiger partial charge in [0.05, 0.1) is 70.4 Å². The summed E-state index contributed by atoms with van der Waals surface area (Å²) >= 11 is 0.